The Balaban J connectivity index is 1.94. The van der Waals surface area contributed by atoms with Crippen LogP contribution in [0, 0.1) is 5.92 Å². The van der Waals surface area contributed by atoms with Crippen LogP contribution in [-0.2, 0) is 0 Å². The van der Waals surface area contributed by atoms with Crippen molar-refractivity contribution in [2.75, 3.05) is 11.2 Å². The van der Waals surface area contributed by atoms with Crippen LogP contribution < -0.4 is 4.90 Å². The number of carbonyl (C=O) groups is 1. The van der Waals surface area contributed by atoms with Crippen LogP contribution >= 0.6 is 11.8 Å². The molecular weight excluding hydrogens is 306 g/mol. The molecule has 122 valence electrons. The molecule has 0 spiro atoms. The van der Waals surface area contributed by atoms with Gasteiger partial charge in [0.05, 0.1) is 6.26 Å². The maximum absolute atomic E-state index is 13.0. The van der Waals surface area contributed by atoms with Gasteiger partial charge in [0.15, 0.2) is 5.76 Å². The predicted molar refractivity (Wildman–Crippen MR) is 95.2 cm³/mol. The van der Waals surface area contributed by atoms with Gasteiger partial charge in [0.25, 0.3) is 5.91 Å². The van der Waals surface area contributed by atoms with Crippen LogP contribution in [0.1, 0.15) is 43.2 Å². The number of amides is 1. The molecule has 23 heavy (non-hydrogen) atoms. The highest BCUT2D eigenvalue weighted by Gasteiger charge is 2.30. The number of thioether (sulfide) groups is 1. The molecule has 0 unspecified atom stereocenters. The lowest BCUT2D eigenvalue weighted by Gasteiger charge is -2.36. The summed E-state index contributed by atoms with van der Waals surface area (Å²) < 4.78 is 5.37. The Bertz CT molecular complexity index is 645. The smallest absolute Gasteiger partial charge is 0.294 e. The molecule has 0 saturated heterocycles. The van der Waals surface area contributed by atoms with Crippen LogP contribution in [-0.4, -0.2) is 18.2 Å². The van der Waals surface area contributed by atoms with E-state index in [0.717, 1.165) is 24.4 Å². The van der Waals surface area contributed by atoms with Crippen molar-refractivity contribution in [2.45, 2.75) is 43.5 Å². The van der Waals surface area contributed by atoms with E-state index in [2.05, 4.69) is 25.3 Å². The lowest BCUT2D eigenvalue weighted by atomic mass is 9.86. The van der Waals surface area contributed by atoms with Gasteiger partial charge in [-0.3, -0.25) is 4.79 Å². The largest absolute Gasteiger partial charge is 0.459 e. The Hall–Kier alpha value is -1.68. The number of hydrogen-bond acceptors (Lipinski definition) is 3. The van der Waals surface area contributed by atoms with E-state index in [0.29, 0.717) is 5.76 Å². The summed E-state index contributed by atoms with van der Waals surface area (Å²) >= 11 is 1.70. The van der Waals surface area contributed by atoms with E-state index in [-0.39, 0.29) is 11.9 Å². The summed E-state index contributed by atoms with van der Waals surface area (Å²) in [4.78, 5) is 16.1. The minimum absolute atomic E-state index is 0.0344. The van der Waals surface area contributed by atoms with Crippen molar-refractivity contribution in [1.82, 2.24) is 0 Å². The van der Waals surface area contributed by atoms with Crippen molar-refractivity contribution in [3.05, 3.63) is 48.4 Å². The van der Waals surface area contributed by atoms with E-state index in [4.69, 9.17) is 4.42 Å². The highest BCUT2D eigenvalue weighted by atomic mass is 32.2. The van der Waals surface area contributed by atoms with Crippen LogP contribution in [0.5, 0.6) is 0 Å². The van der Waals surface area contributed by atoms with Gasteiger partial charge >= 0.3 is 0 Å². The van der Waals surface area contributed by atoms with Gasteiger partial charge in [-0.05, 0) is 68.2 Å². The monoisotopic (exact) mass is 329 g/mol. The highest BCUT2D eigenvalue weighted by molar-refractivity contribution is 7.98. The minimum Gasteiger partial charge on any atom is -0.459 e. The Morgan fingerprint density at radius 3 is 2.61 bits per heavy atom. The summed E-state index contributed by atoms with van der Waals surface area (Å²) in [5.74, 6) is 1.13. The number of hydrogen-bond donors (Lipinski definition) is 0. The molecular formula is C19H23NO2S. The molecule has 1 aromatic carbocycles. The second-order valence-corrected chi connectivity index (χ2v) is 7.15. The Morgan fingerprint density at radius 2 is 1.96 bits per heavy atom. The van der Waals surface area contributed by atoms with E-state index < -0.39 is 0 Å². The van der Waals surface area contributed by atoms with Crippen molar-refractivity contribution >= 4 is 23.4 Å². The molecule has 1 aliphatic rings. The number of anilines is 1. The zero-order chi connectivity index (χ0) is 16.2. The lowest BCUT2D eigenvalue weighted by molar-refractivity contribution is 0.0940. The van der Waals surface area contributed by atoms with Crippen LogP contribution in [0.15, 0.2) is 52.0 Å². The van der Waals surface area contributed by atoms with Gasteiger partial charge in [0, 0.05) is 16.6 Å². The fraction of sp³-hybridized carbons (Fsp3) is 0.421. The van der Waals surface area contributed by atoms with Crippen molar-refractivity contribution < 1.29 is 9.21 Å². The molecule has 0 aliphatic heterocycles. The topological polar surface area (TPSA) is 33.5 Å². The molecule has 1 heterocycles. The molecule has 1 aromatic heterocycles. The molecule has 1 fully saturated rings. The molecule has 4 heteroatoms. The van der Waals surface area contributed by atoms with Gasteiger partial charge in [-0.2, -0.15) is 0 Å². The molecule has 0 N–H and O–H groups in total. The highest BCUT2D eigenvalue weighted by Crippen LogP contribution is 2.33. The first-order valence-electron chi connectivity index (χ1n) is 8.20. The molecule has 2 aromatic rings. The maximum Gasteiger partial charge on any atom is 0.294 e. The molecule has 1 saturated carbocycles. The Labute approximate surface area is 142 Å². The van der Waals surface area contributed by atoms with Gasteiger partial charge in [0.2, 0.25) is 0 Å². The zero-order valence-electron chi connectivity index (χ0n) is 13.7. The van der Waals surface area contributed by atoms with Gasteiger partial charge in [-0.25, -0.2) is 0 Å². The molecule has 1 aliphatic carbocycles. The van der Waals surface area contributed by atoms with Gasteiger partial charge in [-0.15, -0.1) is 11.8 Å². The normalized spacial score (nSPS) is 21.1. The van der Waals surface area contributed by atoms with Crippen molar-refractivity contribution in [3.63, 3.8) is 0 Å². The molecule has 1 amide bonds. The zero-order valence-corrected chi connectivity index (χ0v) is 14.5. The van der Waals surface area contributed by atoms with Gasteiger partial charge < -0.3 is 9.32 Å². The number of carbonyl (C=O) groups excluding carboxylic acids is 1. The molecule has 0 radical (unpaired) electrons. The van der Waals surface area contributed by atoms with Crippen molar-refractivity contribution in [3.8, 4) is 0 Å². The third-order valence-electron chi connectivity index (χ3n) is 4.63. The van der Waals surface area contributed by atoms with Crippen molar-refractivity contribution in [1.29, 1.82) is 0 Å². The first-order chi connectivity index (χ1) is 11.2. The van der Waals surface area contributed by atoms with Crippen LogP contribution in [0.3, 0.4) is 0 Å². The SMILES string of the molecule is CSc1cccc(N(C(=O)c2ccco2)C2CCC(C)CC2)c1. The third-order valence-corrected chi connectivity index (χ3v) is 5.36. The Morgan fingerprint density at radius 1 is 1.17 bits per heavy atom. The fourth-order valence-electron chi connectivity index (χ4n) is 3.27. The van der Waals surface area contributed by atoms with E-state index in [1.54, 1.807) is 30.2 Å². The molecule has 0 bridgehead atoms. The van der Waals surface area contributed by atoms with Crippen LogP contribution in [0.4, 0.5) is 5.69 Å². The molecule has 3 rings (SSSR count). The summed E-state index contributed by atoms with van der Waals surface area (Å²) in [5.41, 5.74) is 0.970. The first kappa shape index (κ1) is 16.2. The number of rotatable bonds is 4. The average molecular weight is 329 g/mol. The summed E-state index contributed by atoms with van der Waals surface area (Å²) in [6.45, 7) is 2.29. The summed E-state index contributed by atoms with van der Waals surface area (Å²) in [6.07, 6.45) is 8.07. The summed E-state index contributed by atoms with van der Waals surface area (Å²) in [6, 6.07) is 12.0. The van der Waals surface area contributed by atoms with E-state index in [1.165, 1.54) is 17.7 Å². The summed E-state index contributed by atoms with van der Waals surface area (Å²) in [7, 11) is 0. The second kappa shape index (κ2) is 7.26. The summed E-state index contributed by atoms with van der Waals surface area (Å²) in [5, 5.41) is 0. The minimum atomic E-state index is -0.0344. The van der Waals surface area contributed by atoms with Gasteiger partial charge in [0.1, 0.15) is 0 Å². The van der Waals surface area contributed by atoms with E-state index in [1.807, 2.05) is 17.0 Å². The van der Waals surface area contributed by atoms with Gasteiger partial charge in [-0.1, -0.05) is 13.0 Å². The average Bonchev–Trinajstić information content (AvgIpc) is 3.11. The quantitative estimate of drug-likeness (QED) is 0.720. The molecule has 0 atom stereocenters. The number of furan rings is 1. The fourth-order valence-corrected chi connectivity index (χ4v) is 3.73. The maximum atomic E-state index is 13.0. The number of nitrogens with zero attached hydrogens (tertiary/aromatic N) is 1. The first-order valence-corrected chi connectivity index (χ1v) is 9.42. The predicted octanol–water partition coefficient (Wildman–Crippen LogP) is 5.23. The van der Waals surface area contributed by atoms with E-state index in [9.17, 15) is 4.79 Å². The van der Waals surface area contributed by atoms with Crippen LogP contribution in [0.25, 0.3) is 0 Å². The lowest BCUT2D eigenvalue weighted by Crippen LogP contribution is -2.42. The standard InChI is InChI=1S/C19H23NO2S/c1-14-8-10-15(11-9-14)20(19(21)18-7-4-12-22-18)16-5-3-6-17(13-16)23-2/h3-7,12-15H,8-11H2,1-2H3. The Kier molecular flexibility index (Phi) is 5.11. The van der Waals surface area contributed by atoms with E-state index >= 15 is 0 Å². The third kappa shape index (κ3) is 3.63. The van der Waals surface area contributed by atoms with Crippen molar-refractivity contribution in [2.24, 2.45) is 5.92 Å². The molecule has 3 nitrogen and oxygen atoms in total. The second-order valence-electron chi connectivity index (χ2n) is 6.27. The number of benzene rings is 1. The van der Waals surface area contributed by atoms with Crippen LogP contribution in [0.2, 0.25) is 0 Å².